The van der Waals surface area contributed by atoms with E-state index in [1.807, 2.05) is 25.3 Å². The number of likely N-dealkylation sites (tertiary alicyclic amines) is 1. The number of nitrogens with zero attached hydrogens (tertiary/aromatic N) is 1. The Morgan fingerprint density at radius 2 is 2.06 bits per heavy atom. The first-order valence-electron chi connectivity index (χ1n) is 10.6. The number of benzene rings is 1. The van der Waals surface area contributed by atoms with E-state index >= 15 is 0 Å². The van der Waals surface area contributed by atoms with Crippen LogP contribution >= 0.6 is 23.6 Å². The SMILES string of the molecule is Cc1cccc(C(=O)NCC(=O)NC2CN(C3CCC(O)(c4c[nH]c(=S)s4)CC3)C2)c1. The van der Waals surface area contributed by atoms with Crippen molar-refractivity contribution >= 4 is 35.4 Å². The first-order chi connectivity index (χ1) is 14.8. The average molecular weight is 461 g/mol. The summed E-state index contributed by atoms with van der Waals surface area (Å²) >= 11 is 6.59. The number of carbonyl (C=O) groups excluding carboxylic acids is 2. The molecule has 2 aromatic rings. The lowest BCUT2D eigenvalue weighted by Crippen LogP contribution is -2.63. The Bertz CT molecular complexity index is 1000. The molecule has 0 radical (unpaired) electrons. The van der Waals surface area contributed by atoms with Gasteiger partial charge in [-0.2, -0.15) is 0 Å². The van der Waals surface area contributed by atoms with E-state index in [0.717, 1.165) is 49.2 Å². The smallest absolute Gasteiger partial charge is 0.251 e. The summed E-state index contributed by atoms with van der Waals surface area (Å²) in [5.41, 5.74) is 0.791. The molecule has 4 rings (SSSR count). The highest BCUT2D eigenvalue weighted by atomic mass is 32.1. The van der Waals surface area contributed by atoms with Crippen LogP contribution in [0.1, 0.15) is 46.5 Å². The summed E-state index contributed by atoms with van der Waals surface area (Å²) < 4.78 is 0.696. The number of hydrogen-bond acceptors (Lipinski definition) is 6. The van der Waals surface area contributed by atoms with Crippen LogP contribution in [0, 0.1) is 10.9 Å². The molecule has 2 heterocycles. The number of rotatable bonds is 6. The van der Waals surface area contributed by atoms with Crippen molar-refractivity contribution in [2.75, 3.05) is 19.6 Å². The van der Waals surface area contributed by atoms with E-state index in [1.165, 1.54) is 11.3 Å². The van der Waals surface area contributed by atoms with Gasteiger partial charge in [0, 0.05) is 30.9 Å². The van der Waals surface area contributed by atoms with Crippen molar-refractivity contribution in [3.63, 3.8) is 0 Å². The standard InChI is InChI=1S/C22H28N4O3S2/c1-14-3-2-4-15(9-14)20(28)23-11-19(27)25-16-12-26(13-16)17-5-7-22(29,8-6-17)18-10-24-21(30)31-18/h2-4,9-10,16-17,29H,5-8,11-13H2,1H3,(H,23,28)(H,24,30)(H,25,27). The molecule has 1 aliphatic heterocycles. The lowest BCUT2D eigenvalue weighted by atomic mass is 9.80. The summed E-state index contributed by atoms with van der Waals surface area (Å²) in [5.74, 6) is -0.410. The predicted molar refractivity (Wildman–Crippen MR) is 123 cm³/mol. The molecule has 9 heteroatoms. The predicted octanol–water partition coefficient (Wildman–Crippen LogP) is 2.47. The van der Waals surface area contributed by atoms with Crippen molar-refractivity contribution in [1.82, 2.24) is 20.5 Å². The third-order valence-corrected chi connectivity index (χ3v) is 7.63. The van der Waals surface area contributed by atoms with E-state index in [9.17, 15) is 14.7 Å². The lowest BCUT2D eigenvalue weighted by Gasteiger charge is -2.48. The summed E-state index contributed by atoms with van der Waals surface area (Å²) in [7, 11) is 0. The number of H-pyrrole nitrogens is 1. The summed E-state index contributed by atoms with van der Waals surface area (Å²) in [4.78, 5) is 30.6. The molecule has 1 aromatic heterocycles. The van der Waals surface area contributed by atoms with Gasteiger partial charge in [0.25, 0.3) is 5.91 Å². The zero-order valence-corrected chi connectivity index (χ0v) is 19.2. The number of aromatic amines is 1. The zero-order chi connectivity index (χ0) is 22.0. The van der Waals surface area contributed by atoms with Gasteiger partial charge in [0.1, 0.15) is 5.60 Å². The van der Waals surface area contributed by atoms with Crippen LogP contribution in [0.4, 0.5) is 0 Å². The Labute approximate surface area is 190 Å². The van der Waals surface area contributed by atoms with E-state index in [2.05, 4.69) is 20.5 Å². The minimum absolute atomic E-state index is 0.0254. The number of carbonyl (C=O) groups is 2. The van der Waals surface area contributed by atoms with Gasteiger partial charge in [-0.05, 0) is 57.0 Å². The van der Waals surface area contributed by atoms with E-state index < -0.39 is 5.60 Å². The van der Waals surface area contributed by atoms with Crippen molar-refractivity contribution in [3.05, 3.63) is 50.4 Å². The van der Waals surface area contributed by atoms with Crippen molar-refractivity contribution in [2.45, 2.75) is 50.3 Å². The first kappa shape index (κ1) is 22.1. The second-order valence-electron chi connectivity index (χ2n) is 8.58. The van der Waals surface area contributed by atoms with Crippen molar-refractivity contribution < 1.29 is 14.7 Å². The van der Waals surface area contributed by atoms with E-state index in [4.69, 9.17) is 12.2 Å². The molecule has 1 saturated heterocycles. The normalized spacial score (nSPS) is 24.4. The number of thiazole rings is 1. The largest absolute Gasteiger partial charge is 0.384 e. The maximum atomic E-state index is 12.2. The van der Waals surface area contributed by atoms with E-state index in [1.54, 1.807) is 12.1 Å². The maximum Gasteiger partial charge on any atom is 0.251 e. The quantitative estimate of drug-likeness (QED) is 0.497. The van der Waals surface area contributed by atoms with Crippen molar-refractivity contribution in [3.8, 4) is 0 Å². The van der Waals surface area contributed by atoms with Crippen molar-refractivity contribution in [2.24, 2.45) is 0 Å². The van der Waals surface area contributed by atoms with Crippen molar-refractivity contribution in [1.29, 1.82) is 0 Å². The fourth-order valence-corrected chi connectivity index (χ4v) is 5.59. The molecule has 166 valence electrons. The highest BCUT2D eigenvalue weighted by Gasteiger charge is 2.41. The summed E-state index contributed by atoms with van der Waals surface area (Å²) in [6, 6.07) is 7.84. The van der Waals surface area contributed by atoms with Gasteiger partial charge in [0.2, 0.25) is 5.91 Å². The fourth-order valence-electron chi connectivity index (χ4n) is 4.43. The number of aromatic nitrogens is 1. The van der Waals surface area contributed by atoms with Gasteiger partial charge in [0.05, 0.1) is 17.5 Å². The van der Waals surface area contributed by atoms with Crippen LogP contribution in [0.5, 0.6) is 0 Å². The molecule has 31 heavy (non-hydrogen) atoms. The van der Waals surface area contributed by atoms with Gasteiger partial charge >= 0.3 is 0 Å². The third kappa shape index (κ3) is 5.23. The lowest BCUT2D eigenvalue weighted by molar-refractivity contribution is -0.122. The molecule has 2 amide bonds. The molecule has 0 unspecified atom stereocenters. The molecule has 1 aromatic carbocycles. The molecule has 0 spiro atoms. The Morgan fingerprint density at radius 1 is 1.32 bits per heavy atom. The average Bonchev–Trinajstić information content (AvgIpc) is 3.17. The van der Waals surface area contributed by atoms with Gasteiger partial charge in [-0.3, -0.25) is 14.5 Å². The molecule has 0 atom stereocenters. The van der Waals surface area contributed by atoms with Crippen LogP contribution in [-0.2, 0) is 10.4 Å². The minimum atomic E-state index is -0.775. The first-order valence-corrected chi connectivity index (χ1v) is 11.8. The Kier molecular flexibility index (Phi) is 6.57. The van der Waals surface area contributed by atoms with E-state index in [-0.39, 0.29) is 24.4 Å². The molecular weight excluding hydrogens is 432 g/mol. The Balaban J connectivity index is 1.17. The number of aliphatic hydroxyl groups is 1. The number of hydrogen-bond donors (Lipinski definition) is 4. The van der Waals surface area contributed by atoms with Gasteiger partial charge in [-0.1, -0.05) is 17.7 Å². The second kappa shape index (κ2) is 9.20. The van der Waals surface area contributed by atoms with Gasteiger partial charge < -0.3 is 20.7 Å². The second-order valence-corrected chi connectivity index (χ2v) is 10.3. The molecule has 1 saturated carbocycles. The van der Waals surface area contributed by atoms with E-state index in [0.29, 0.717) is 15.6 Å². The maximum absolute atomic E-state index is 12.2. The summed E-state index contributed by atoms with van der Waals surface area (Å²) in [6.45, 7) is 3.52. The van der Waals surface area contributed by atoms with Crippen LogP contribution in [0.2, 0.25) is 0 Å². The van der Waals surface area contributed by atoms with Crippen LogP contribution in [0.25, 0.3) is 0 Å². The molecule has 4 N–H and O–H groups in total. The highest BCUT2D eigenvalue weighted by molar-refractivity contribution is 7.73. The van der Waals surface area contributed by atoms with Crippen LogP contribution in [-0.4, -0.2) is 58.5 Å². The number of aryl methyl sites for hydroxylation is 1. The monoisotopic (exact) mass is 460 g/mol. The molecular formula is C22H28N4O3S2. The third-order valence-electron chi connectivity index (χ3n) is 6.25. The van der Waals surface area contributed by atoms with Crippen LogP contribution in [0.3, 0.4) is 0 Å². The summed E-state index contributed by atoms with van der Waals surface area (Å²) in [6.07, 6.45) is 5.13. The molecule has 1 aliphatic carbocycles. The number of amides is 2. The highest BCUT2D eigenvalue weighted by Crippen LogP contribution is 2.41. The zero-order valence-electron chi connectivity index (χ0n) is 17.5. The topological polar surface area (TPSA) is 97.5 Å². The van der Waals surface area contributed by atoms with Crippen LogP contribution < -0.4 is 10.6 Å². The molecule has 2 aliphatic rings. The summed E-state index contributed by atoms with van der Waals surface area (Å²) in [5, 5.41) is 16.6. The Morgan fingerprint density at radius 3 is 2.71 bits per heavy atom. The van der Waals surface area contributed by atoms with Gasteiger partial charge in [-0.25, -0.2) is 0 Å². The van der Waals surface area contributed by atoms with Gasteiger partial charge in [-0.15, -0.1) is 11.3 Å². The molecule has 7 nitrogen and oxygen atoms in total. The van der Waals surface area contributed by atoms with Gasteiger partial charge in [0.15, 0.2) is 3.95 Å². The minimum Gasteiger partial charge on any atom is -0.384 e. The molecule has 0 bridgehead atoms. The van der Waals surface area contributed by atoms with Crippen LogP contribution in [0.15, 0.2) is 30.5 Å². The molecule has 2 fully saturated rings. The number of nitrogens with one attached hydrogen (secondary N) is 3. The fraction of sp³-hybridized carbons (Fsp3) is 0.500. The Hall–Kier alpha value is -2.07.